The number of benzene rings is 3. The van der Waals surface area contributed by atoms with E-state index in [-0.39, 0.29) is 0 Å². The average Bonchev–Trinajstić information content (AvgIpc) is 3.60. The van der Waals surface area contributed by atoms with Crippen molar-refractivity contribution in [3.8, 4) is 21.1 Å². The van der Waals surface area contributed by atoms with Crippen molar-refractivity contribution in [3.05, 3.63) is 56.6 Å². The summed E-state index contributed by atoms with van der Waals surface area (Å²) in [4.78, 5) is 0. The maximum Gasteiger partial charge on any atom is 0.195 e. The third kappa shape index (κ3) is 4.41. The SMILES string of the molecule is CCCCc1nnc(-c2c(F)c(F)c3c(F)c4c(-c5nnc(CCCC)s5)c(F)c(F)c(F)c4c(F)c3c2F)s1. The van der Waals surface area contributed by atoms with Gasteiger partial charge in [-0.15, -0.1) is 20.4 Å². The van der Waals surface area contributed by atoms with Gasteiger partial charge in [-0.25, -0.2) is 35.1 Å². The summed E-state index contributed by atoms with van der Waals surface area (Å²) in [6, 6.07) is 0. The summed E-state index contributed by atoms with van der Waals surface area (Å²) in [7, 11) is 0. The van der Waals surface area contributed by atoms with E-state index in [0.29, 0.717) is 47.0 Å². The molecule has 210 valence electrons. The van der Waals surface area contributed by atoms with Crippen LogP contribution in [0, 0.1) is 46.5 Å². The van der Waals surface area contributed by atoms with Crippen LogP contribution in [0.15, 0.2) is 0 Å². The van der Waals surface area contributed by atoms with Gasteiger partial charge < -0.3 is 0 Å². The van der Waals surface area contributed by atoms with Crippen LogP contribution in [0.2, 0.25) is 0 Å². The lowest BCUT2D eigenvalue weighted by Crippen LogP contribution is -2.06. The Hall–Kier alpha value is -3.26. The Labute approximate surface area is 229 Å². The normalized spacial score (nSPS) is 11.8. The number of aryl methyl sites for hydroxylation is 2. The van der Waals surface area contributed by atoms with Crippen LogP contribution < -0.4 is 0 Å². The molecule has 0 saturated heterocycles. The van der Waals surface area contributed by atoms with Gasteiger partial charge in [0.15, 0.2) is 39.1 Å². The van der Waals surface area contributed by atoms with Gasteiger partial charge in [0, 0.05) is 18.2 Å². The van der Waals surface area contributed by atoms with Crippen molar-refractivity contribution in [3.63, 3.8) is 0 Å². The Morgan fingerprint density at radius 3 is 1.43 bits per heavy atom. The van der Waals surface area contributed by atoms with Crippen LogP contribution in [0.1, 0.15) is 49.5 Å². The Kier molecular flexibility index (Phi) is 7.75. The zero-order chi connectivity index (χ0) is 28.9. The van der Waals surface area contributed by atoms with E-state index < -0.39 is 89.2 Å². The Morgan fingerprint density at radius 2 is 0.875 bits per heavy atom. The van der Waals surface area contributed by atoms with E-state index in [4.69, 9.17) is 0 Å². The van der Waals surface area contributed by atoms with Crippen LogP contribution >= 0.6 is 22.7 Å². The highest BCUT2D eigenvalue weighted by Gasteiger charge is 2.35. The van der Waals surface area contributed by atoms with Gasteiger partial charge in [-0.05, 0) is 12.8 Å². The molecular formula is C26H18F8N4S2. The first-order valence-corrected chi connectivity index (χ1v) is 13.9. The lowest BCUT2D eigenvalue weighted by atomic mass is 9.94. The molecule has 2 heterocycles. The quantitative estimate of drug-likeness (QED) is 0.0771. The van der Waals surface area contributed by atoms with Crippen LogP contribution in [0.4, 0.5) is 35.1 Å². The van der Waals surface area contributed by atoms with Crippen LogP contribution in [-0.4, -0.2) is 20.4 Å². The molecule has 0 saturated carbocycles. The smallest absolute Gasteiger partial charge is 0.195 e. The van der Waals surface area contributed by atoms with E-state index in [2.05, 4.69) is 20.4 Å². The number of hydrogen-bond donors (Lipinski definition) is 0. The molecule has 0 spiro atoms. The summed E-state index contributed by atoms with van der Waals surface area (Å²) in [6.07, 6.45) is 3.67. The zero-order valence-corrected chi connectivity index (χ0v) is 22.5. The van der Waals surface area contributed by atoms with Crippen LogP contribution in [0.25, 0.3) is 42.7 Å². The third-order valence-corrected chi connectivity index (χ3v) is 8.37. The molecule has 0 aliphatic heterocycles. The molecule has 0 amide bonds. The third-order valence-electron chi connectivity index (χ3n) is 6.37. The number of unbranched alkanes of at least 4 members (excludes halogenated alkanes) is 2. The molecule has 14 heteroatoms. The molecule has 2 aromatic heterocycles. The largest absolute Gasteiger partial charge is 0.205 e. The van der Waals surface area contributed by atoms with Gasteiger partial charge in [0.1, 0.15) is 27.5 Å². The van der Waals surface area contributed by atoms with Gasteiger partial charge in [0.05, 0.1) is 27.3 Å². The van der Waals surface area contributed by atoms with E-state index in [1.165, 1.54) is 0 Å². The Balaban J connectivity index is 1.86. The minimum absolute atomic E-state index is 0.346. The summed E-state index contributed by atoms with van der Waals surface area (Å²) in [5, 5.41) is 9.00. The highest BCUT2D eigenvalue weighted by Crippen LogP contribution is 2.45. The fraction of sp³-hybridized carbons (Fsp3) is 0.308. The maximum absolute atomic E-state index is 15.9. The van der Waals surface area contributed by atoms with Crippen LogP contribution in [-0.2, 0) is 12.8 Å². The number of fused-ring (bicyclic) bond motifs is 2. The van der Waals surface area contributed by atoms with Crippen LogP contribution in [0.5, 0.6) is 0 Å². The van der Waals surface area contributed by atoms with Crippen molar-refractivity contribution in [2.75, 3.05) is 0 Å². The Morgan fingerprint density at radius 1 is 0.450 bits per heavy atom. The number of nitrogens with zero attached hydrogens (tertiary/aromatic N) is 4. The van der Waals surface area contributed by atoms with Crippen LogP contribution in [0.3, 0.4) is 0 Å². The molecule has 0 atom stereocenters. The van der Waals surface area contributed by atoms with E-state index >= 15 is 26.3 Å². The fourth-order valence-corrected chi connectivity index (χ4v) is 6.21. The summed E-state index contributed by atoms with van der Waals surface area (Å²) in [5.74, 6) is -15.9. The molecule has 5 aromatic rings. The first-order valence-electron chi connectivity index (χ1n) is 12.2. The van der Waals surface area contributed by atoms with E-state index in [0.717, 1.165) is 24.2 Å². The van der Waals surface area contributed by atoms with E-state index in [1.54, 1.807) is 0 Å². The van der Waals surface area contributed by atoms with Crippen molar-refractivity contribution < 1.29 is 35.1 Å². The highest BCUT2D eigenvalue weighted by atomic mass is 32.1. The first kappa shape index (κ1) is 28.3. The second kappa shape index (κ2) is 11.0. The monoisotopic (exact) mass is 602 g/mol. The molecule has 3 aromatic carbocycles. The predicted molar refractivity (Wildman–Crippen MR) is 136 cm³/mol. The van der Waals surface area contributed by atoms with Crippen molar-refractivity contribution in [1.82, 2.24) is 20.4 Å². The molecule has 4 nitrogen and oxygen atoms in total. The van der Waals surface area contributed by atoms with Crippen molar-refractivity contribution in [2.24, 2.45) is 0 Å². The predicted octanol–water partition coefficient (Wildman–Crippen LogP) is 8.83. The lowest BCUT2D eigenvalue weighted by molar-refractivity contribution is 0.452. The second-order valence-electron chi connectivity index (χ2n) is 8.97. The van der Waals surface area contributed by atoms with Crippen molar-refractivity contribution in [2.45, 2.75) is 52.4 Å². The molecule has 0 aliphatic rings. The van der Waals surface area contributed by atoms with Gasteiger partial charge in [-0.3, -0.25) is 0 Å². The van der Waals surface area contributed by atoms with E-state index in [1.807, 2.05) is 13.8 Å². The van der Waals surface area contributed by atoms with E-state index in [9.17, 15) is 8.78 Å². The first-order chi connectivity index (χ1) is 19.1. The molecular weight excluding hydrogens is 584 g/mol. The minimum Gasteiger partial charge on any atom is -0.205 e. The number of rotatable bonds is 8. The van der Waals surface area contributed by atoms with Gasteiger partial charge in [0.2, 0.25) is 0 Å². The molecule has 0 bridgehead atoms. The number of halogens is 8. The molecule has 0 radical (unpaired) electrons. The topological polar surface area (TPSA) is 51.6 Å². The second-order valence-corrected chi connectivity index (χ2v) is 11.1. The lowest BCUT2D eigenvalue weighted by Gasteiger charge is -2.15. The standard InChI is InChI=1S/C26H18F8N4S2/c1-3-5-7-9-35-37-25(39-9)15-11-12(21(31)24(34)22(15)32)18(28)13-14(17(11)27)20(30)23(33)16(19(13)29)26-38-36-10(40-26)8-6-4-2/h3-8H2,1-2H3. The molecule has 40 heavy (non-hydrogen) atoms. The van der Waals surface area contributed by atoms with Gasteiger partial charge in [0.25, 0.3) is 0 Å². The molecule has 0 aliphatic carbocycles. The van der Waals surface area contributed by atoms with Crippen molar-refractivity contribution >= 4 is 44.2 Å². The molecule has 0 fully saturated rings. The fourth-order valence-electron chi connectivity index (χ4n) is 4.36. The summed E-state index contributed by atoms with van der Waals surface area (Å²) in [6.45, 7) is 3.79. The van der Waals surface area contributed by atoms with Gasteiger partial charge >= 0.3 is 0 Å². The summed E-state index contributed by atoms with van der Waals surface area (Å²) < 4.78 is 123. The average molecular weight is 603 g/mol. The molecule has 0 N–H and O–H groups in total. The maximum atomic E-state index is 15.9. The molecule has 5 rings (SSSR count). The van der Waals surface area contributed by atoms with Gasteiger partial charge in [-0.1, -0.05) is 49.4 Å². The minimum atomic E-state index is -2.18. The Bertz CT molecular complexity index is 1780. The van der Waals surface area contributed by atoms with Gasteiger partial charge in [-0.2, -0.15) is 0 Å². The summed E-state index contributed by atoms with van der Waals surface area (Å²) in [5.41, 5.74) is -2.18. The van der Waals surface area contributed by atoms with Crippen molar-refractivity contribution in [1.29, 1.82) is 0 Å². The number of aromatic nitrogens is 4. The highest BCUT2D eigenvalue weighted by molar-refractivity contribution is 7.15. The summed E-state index contributed by atoms with van der Waals surface area (Å²) >= 11 is 1.43. The zero-order valence-electron chi connectivity index (χ0n) is 20.9. The molecule has 0 unspecified atom stereocenters. The number of hydrogen-bond acceptors (Lipinski definition) is 6.